The van der Waals surface area contributed by atoms with E-state index in [1.165, 1.54) is 5.56 Å². The predicted molar refractivity (Wildman–Crippen MR) is 78.2 cm³/mol. The average molecular weight is 250 g/mol. The van der Waals surface area contributed by atoms with Crippen LogP contribution in [-0.4, -0.2) is 30.5 Å². The molecule has 1 atom stereocenters. The van der Waals surface area contributed by atoms with E-state index >= 15 is 0 Å². The number of hydrogen-bond donors (Lipinski definition) is 1. The highest BCUT2D eigenvalue weighted by Crippen LogP contribution is 2.14. The van der Waals surface area contributed by atoms with Gasteiger partial charge in [0.05, 0.1) is 4.99 Å². The van der Waals surface area contributed by atoms with E-state index < -0.39 is 0 Å². The molecule has 94 valence electrons. The summed E-state index contributed by atoms with van der Waals surface area (Å²) in [6.07, 6.45) is 3.15. The Bertz CT molecular complexity index is 335. The summed E-state index contributed by atoms with van der Waals surface area (Å²) in [5.74, 6) is 0.354. The second-order valence-electron chi connectivity index (χ2n) is 4.72. The van der Waals surface area contributed by atoms with Crippen molar-refractivity contribution in [3.05, 3.63) is 35.9 Å². The van der Waals surface area contributed by atoms with E-state index in [1.54, 1.807) is 0 Å². The fourth-order valence-electron chi connectivity index (χ4n) is 1.83. The molecular formula is C14H22N2S. The van der Waals surface area contributed by atoms with E-state index in [9.17, 15) is 0 Å². The summed E-state index contributed by atoms with van der Waals surface area (Å²) in [5.41, 5.74) is 7.16. The van der Waals surface area contributed by atoms with Crippen LogP contribution in [-0.2, 0) is 6.42 Å². The molecule has 0 aromatic heterocycles. The summed E-state index contributed by atoms with van der Waals surface area (Å²) >= 11 is 5.14. The lowest BCUT2D eigenvalue weighted by molar-refractivity contribution is 0.373. The van der Waals surface area contributed by atoms with E-state index in [0.717, 1.165) is 25.8 Å². The summed E-state index contributed by atoms with van der Waals surface area (Å²) in [7, 11) is 4.15. The van der Waals surface area contributed by atoms with Gasteiger partial charge in [-0.25, -0.2) is 0 Å². The Morgan fingerprint density at radius 2 is 1.88 bits per heavy atom. The van der Waals surface area contributed by atoms with Gasteiger partial charge in [0, 0.05) is 5.92 Å². The lowest BCUT2D eigenvalue weighted by Gasteiger charge is -2.18. The molecule has 0 fully saturated rings. The summed E-state index contributed by atoms with van der Waals surface area (Å²) in [5, 5.41) is 0. The minimum absolute atomic E-state index is 0.354. The molecule has 2 nitrogen and oxygen atoms in total. The smallest absolute Gasteiger partial charge is 0.0759 e. The third kappa shape index (κ3) is 5.80. The van der Waals surface area contributed by atoms with Crippen LogP contribution in [0.3, 0.4) is 0 Å². The molecule has 0 aliphatic heterocycles. The number of benzene rings is 1. The Balaban J connectivity index is 2.42. The van der Waals surface area contributed by atoms with E-state index in [-0.39, 0.29) is 0 Å². The van der Waals surface area contributed by atoms with Crippen LogP contribution in [0.25, 0.3) is 0 Å². The van der Waals surface area contributed by atoms with Crippen molar-refractivity contribution in [3.63, 3.8) is 0 Å². The summed E-state index contributed by atoms with van der Waals surface area (Å²) < 4.78 is 0. The molecule has 1 rings (SSSR count). The Kier molecular flexibility index (Phi) is 6.16. The van der Waals surface area contributed by atoms with Gasteiger partial charge in [-0.3, -0.25) is 0 Å². The van der Waals surface area contributed by atoms with Crippen LogP contribution in [0.15, 0.2) is 30.3 Å². The lowest BCUT2D eigenvalue weighted by atomic mass is 9.96. The number of nitrogens with zero attached hydrogens (tertiary/aromatic N) is 1. The van der Waals surface area contributed by atoms with Crippen LogP contribution < -0.4 is 5.73 Å². The highest BCUT2D eigenvalue weighted by atomic mass is 32.1. The third-order valence-corrected chi connectivity index (χ3v) is 3.28. The number of thiocarbonyl (C=S) groups is 1. The van der Waals surface area contributed by atoms with E-state index in [2.05, 4.69) is 43.3 Å². The molecule has 0 heterocycles. The molecular weight excluding hydrogens is 228 g/mol. The van der Waals surface area contributed by atoms with Crippen molar-refractivity contribution in [2.24, 2.45) is 11.7 Å². The largest absolute Gasteiger partial charge is 0.393 e. The normalized spacial score (nSPS) is 12.6. The topological polar surface area (TPSA) is 29.3 Å². The Labute approximate surface area is 110 Å². The first-order chi connectivity index (χ1) is 8.09. The van der Waals surface area contributed by atoms with Crippen molar-refractivity contribution >= 4 is 17.2 Å². The Morgan fingerprint density at radius 1 is 1.24 bits per heavy atom. The number of aryl methyl sites for hydroxylation is 1. The van der Waals surface area contributed by atoms with Crippen LogP contribution in [0.4, 0.5) is 0 Å². The number of hydrogen-bond acceptors (Lipinski definition) is 2. The second kappa shape index (κ2) is 7.41. The zero-order valence-electron chi connectivity index (χ0n) is 10.7. The molecule has 0 aliphatic carbocycles. The maximum Gasteiger partial charge on any atom is 0.0759 e. The van der Waals surface area contributed by atoms with Crippen LogP contribution in [0.5, 0.6) is 0 Å². The van der Waals surface area contributed by atoms with E-state index in [0.29, 0.717) is 10.9 Å². The molecule has 0 saturated carbocycles. The first kappa shape index (κ1) is 14.1. The summed E-state index contributed by atoms with van der Waals surface area (Å²) in [6.45, 7) is 1.04. The van der Waals surface area contributed by atoms with Gasteiger partial charge in [0.2, 0.25) is 0 Å². The SMILES string of the molecule is CN(C)CC[C@H](CCc1ccccc1)C(N)=S. The van der Waals surface area contributed by atoms with Crippen LogP contribution in [0, 0.1) is 5.92 Å². The van der Waals surface area contributed by atoms with Gasteiger partial charge in [-0.1, -0.05) is 42.5 Å². The van der Waals surface area contributed by atoms with Gasteiger partial charge in [-0.05, 0) is 45.5 Å². The minimum Gasteiger partial charge on any atom is -0.393 e. The van der Waals surface area contributed by atoms with E-state index in [4.69, 9.17) is 18.0 Å². The van der Waals surface area contributed by atoms with Gasteiger partial charge in [0.15, 0.2) is 0 Å². The van der Waals surface area contributed by atoms with Crippen molar-refractivity contribution in [3.8, 4) is 0 Å². The summed E-state index contributed by atoms with van der Waals surface area (Å²) in [4.78, 5) is 2.83. The molecule has 1 aromatic rings. The Morgan fingerprint density at radius 3 is 2.41 bits per heavy atom. The quantitative estimate of drug-likeness (QED) is 0.754. The zero-order valence-corrected chi connectivity index (χ0v) is 11.5. The average Bonchev–Trinajstić information content (AvgIpc) is 2.29. The Hall–Kier alpha value is -0.930. The number of rotatable bonds is 7. The molecule has 1 aromatic carbocycles. The van der Waals surface area contributed by atoms with Gasteiger partial charge in [0.25, 0.3) is 0 Å². The highest BCUT2D eigenvalue weighted by Gasteiger charge is 2.12. The molecule has 0 spiro atoms. The molecule has 17 heavy (non-hydrogen) atoms. The van der Waals surface area contributed by atoms with Gasteiger partial charge in [-0.2, -0.15) is 0 Å². The molecule has 0 unspecified atom stereocenters. The zero-order chi connectivity index (χ0) is 12.7. The maximum absolute atomic E-state index is 5.80. The molecule has 0 aliphatic rings. The van der Waals surface area contributed by atoms with Gasteiger partial charge in [0.1, 0.15) is 0 Å². The van der Waals surface area contributed by atoms with Gasteiger partial charge < -0.3 is 10.6 Å². The van der Waals surface area contributed by atoms with E-state index in [1.807, 2.05) is 6.07 Å². The van der Waals surface area contributed by atoms with Gasteiger partial charge in [-0.15, -0.1) is 0 Å². The monoisotopic (exact) mass is 250 g/mol. The van der Waals surface area contributed by atoms with Crippen LogP contribution in [0.1, 0.15) is 18.4 Å². The molecule has 2 N–H and O–H groups in total. The standard InChI is InChI=1S/C14H22N2S/c1-16(2)11-10-13(14(15)17)9-8-12-6-4-3-5-7-12/h3-7,13H,8-11H2,1-2H3,(H2,15,17)/t13-/m0/s1. The number of nitrogens with two attached hydrogens (primary N) is 1. The maximum atomic E-state index is 5.80. The van der Waals surface area contributed by atoms with Crippen molar-refractivity contribution in [1.82, 2.24) is 4.90 Å². The minimum atomic E-state index is 0.354. The third-order valence-electron chi connectivity index (χ3n) is 2.95. The first-order valence-electron chi connectivity index (χ1n) is 6.07. The summed E-state index contributed by atoms with van der Waals surface area (Å²) in [6, 6.07) is 10.5. The van der Waals surface area contributed by atoms with Crippen molar-refractivity contribution < 1.29 is 0 Å². The molecule has 0 bridgehead atoms. The van der Waals surface area contributed by atoms with Crippen molar-refractivity contribution in [2.45, 2.75) is 19.3 Å². The molecule has 3 heteroatoms. The van der Waals surface area contributed by atoms with Gasteiger partial charge >= 0.3 is 0 Å². The molecule has 0 radical (unpaired) electrons. The molecule has 0 saturated heterocycles. The second-order valence-corrected chi connectivity index (χ2v) is 5.19. The lowest BCUT2D eigenvalue weighted by Crippen LogP contribution is -2.26. The fourth-order valence-corrected chi connectivity index (χ4v) is 2.06. The predicted octanol–water partition coefficient (Wildman–Crippen LogP) is 2.47. The van der Waals surface area contributed by atoms with Crippen LogP contribution >= 0.6 is 12.2 Å². The molecule has 0 amide bonds. The first-order valence-corrected chi connectivity index (χ1v) is 6.48. The fraction of sp³-hybridized carbons (Fsp3) is 0.500. The van der Waals surface area contributed by atoms with Crippen LogP contribution in [0.2, 0.25) is 0 Å². The van der Waals surface area contributed by atoms with Crippen molar-refractivity contribution in [1.29, 1.82) is 0 Å². The van der Waals surface area contributed by atoms with Crippen molar-refractivity contribution in [2.75, 3.05) is 20.6 Å². The highest BCUT2D eigenvalue weighted by molar-refractivity contribution is 7.80.